The summed E-state index contributed by atoms with van der Waals surface area (Å²) in [5, 5.41) is 5.55. The molecule has 34 heavy (non-hydrogen) atoms. The minimum Gasteiger partial charge on any atom is -0.465 e. The van der Waals surface area contributed by atoms with Gasteiger partial charge in [-0.15, -0.1) is 0 Å². The summed E-state index contributed by atoms with van der Waals surface area (Å²) in [7, 11) is 1.27. The number of anilines is 1. The highest BCUT2D eigenvalue weighted by Crippen LogP contribution is 2.33. The van der Waals surface area contributed by atoms with Crippen LogP contribution in [0, 0.1) is 0 Å². The Balaban J connectivity index is 1.64. The van der Waals surface area contributed by atoms with Crippen molar-refractivity contribution in [1.29, 1.82) is 0 Å². The number of hydrogen-bond donors (Lipinski definition) is 2. The molecule has 3 aromatic carbocycles. The highest BCUT2D eigenvalue weighted by atomic mass is 35.5. The normalized spacial score (nSPS) is 12.1. The van der Waals surface area contributed by atoms with E-state index in [-0.39, 0.29) is 28.6 Å². The lowest BCUT2D eigenvalue weighted by molar-refractivity contribution is -0.113. The number of hydrogen-bond acceptors (Lipinski definition) is 6. The molecule has 0 spiro atoms. The van der Waals surface area contributed by atoms with E-state index in [1.165, 1.54) is 19.3 Å². The average Bonchev–Trinajstić information content (AvgIpc) is 3.31. The lowest BCUT2D eigenvalue weighted by atomic mass is 10.1. The second-order valence-corrected chi connectivity index (χ2v) is 7.54. The molecule has 8 nitrogen and oxygen atoms in total. The van der Waals surface area contributed by atoms with Crippen LogP contribution in [-0.4, -0.2) is 31.7 Å². The van der Waals surface area contributed by atoms with Gasteiger partial charge in [0.1, 0.15) is 5.70 Å². The van der Waals surface area contributed by atoms with E-state index in [1.807, 2.05) is 0 Å². The molecule has 2 amide bonds. The third-order valence-corrected chi connectivity index (χ3v) is 5.19. The number of esters is 1. The molecular formula is C25H19ClN2O6. The largest absolute Gasteiger partial charge is 0.465 e. The maximum atomic E-state index is 13.2. The fourth-order valence-electron chi connectivity index (χ4n) is 3.20. The van der Waals surface area contributed by atoms with Gasteiger partial charge in [0, 0.05) is 5.69 Å². The van der Waals surface area contributed by atoms with Crippen molar-refractivity contribution in [2.45, 2.75) is 0 Å². The van der Waals surface area contributed by atoms with E-state index < -0.39 is 17.8 Å². The number of rotatable bonds is 6. The summed E-state index contributed by atoms with van der Waals surface area (Å²) in [6.45, 7) is 0.107. The van der Waals surface area contributed by atoms with Gasteiger partial charge in [0.25, 0.3) is 11.8 Å². The molecule has 172 valence electrons. The Kier molecular flexibility index (Phi) is 6.79. The van der Waals surface area contributed by atoms with Gasteiger partial charge < -0.3 is 24.8 Å². The van der Waals surface area contributed by atoms with Gasteiger partial charge in [-0.1, -0.05) is 35.9 Å². The Labute approximate surface area is 200 Å². The minimum atomic E-state index is -0.611. The molecule has 0 fully saturated rings. The number of carbonyl (C=O) groups is 3. The predicted molar refractivity (Wildman–Crippen MR) is 126 cm³/mol. The van der Waals surface area contributed by atoms with Gasteiger partial charge in [-0.05, 0) is 54.1 Å². The van der Waals surface area contributed by atoms with E-state index in [9.17, 15) is 14.4 Å². The van der Waals surface area contributed by atoms with Crippen LogP contribution < -0.4 is 20.1 Å². The van der Waals surface area contributed by atoms with Gasteiger partial charge in [0.15, 0.2) is 11.5 Å². The first-order valence-corrected chi connectivity index (χ1v) is 10.5. The molecule has 0 atom stereocenters. The van der Waals surface area contributed by atoms with Gasteiger partial charge in [-0.3, -0.25) is 9.59 Å². The van der Waals surface area contributed by atoms with Crippen molar-refractivity contribution in [2.75, 3.05) is 19.2 Å². The zero-order valence-corrected chi connectivity index (χ0v) is 18.7. The molecule has 0 radical (unpaired) electrons. The molecule has 0 aromatic heterocycles. The van der Waals surface area contributed by atoms with Crippen LogP contribution in [0.1, 0.15) is 26.3 Å². The van der Waals surface area contributed by atoms with Crippen LogP contribution in [0.15, 0.2) is 72.4 Å². The van der Waals surface area contributed by atoms with Crippen molar-refractivity contribution >= 4 is 41.1 Å². The first kappa shape index (κ1) is 22.9. The molecule has 4 rings (SSSR count). The number of carbonyl (C=O) groups excluding carboxylic acids is 3. The topological polar surface area (TPSA) is 103 Å². The van der Waals surface area contributed by atoms with Gasteiger partial charge in [-0.25, -0.2) is 4.79 Å². The van der Waals surface area contributed by atoms with E-state index >= 15 is 0 Å². The summed E-state index contributed by atoms with van der Waals surface area (Å²) in [5.41, 5.74) is 1.36. The first-order valence-electron chi connectivity index (χ1n) is 10.1. The summed E-state index contributed by atoms with van der Waals surface area (Å²) >= 11 is 6.14. The molecule has 9 heteroatoms. The van der Waals surface area contributed by atoms with E-state index in [4.69, 9.17) is 25.8 Å². The van der Waals surface area contributed by atoms with Crippen LogP contribution in [-0.2, 0) is 9.53 Å². The molecule has 0 unspecified atom stereocenters. The smallest absolute Gasteiger partial charge is 0.337 e. The molecule has 1 heterocycles. The fraction of sp³-hybridized carbons (Fsp3) is 0.0800. The van der Waals surface area contributed by atoms with Crippen LogP contribution in [0.5, 0.6) is 11.5 Å². The zero-order valence-electron chi connectivity index (χ0n) is 18.0. The lowest BCUT2D eigenvalue weighted by Crippen LogP contribution is -2.31. The third kappa shape index (κ3) is 5.19. The number of methoxy groups -OCH3 is 1. The lowest BCUT2D eigenvalue weighted by Gasteiger charge is -2.12. The molecule has 2 N–H and O–H groups in total. The van der Waals surface area contributed by atoms with Crippen LogP contribution in [0.2, 0.25) is 5.02 Å². The van der Waals surface area contributed by atoms with Gasteiger partial charge in [-0.2, -0.15) is 0 Å². The van der Waals surface area contributed by atoms with Gasteiger partial charge in [0.2, 0.25) is 6.79 Å². The van der Waals surface area contributed by atoms with Crippen molar-refractivity contribution in [1.82, 2.24) is 5.32 Å². The van der Waals surface area contributed by atoms with Crippen LogP contribution in [0.25, 0.3) is 6.08 Å². The van der Waals surface area contributed by atoms with Crippen molar-refractivity contribution < 1.29 is 28.6 Å². The fourth-order valence-corrected chi connectivity index (χ4v) is 3.42. The van der Waals surface area contributed by atoms with Gasteiger partial charge >= 0.3 is 5.97 Å². The van der Waals surface area contributed by atoms with Crippen LogP contribution >= 0.6 is 11.6 Å². The maximum Gasteiger partial charge on any atom is 0.337 e. The molecular weight excluding hydrogens is 460 g/mol. The summed E-state index contributed by atoms with van der Waals surface area (Å²) in [5.74, 6) is -0.602. The average molecular weight is 479 g/mol. The van der Waals surface area contributed by atoms with E-state index in [0.717, 1.165) is 0 Å². The second-order valence-electron chi connectivity index (χ2n) is 7.13. The predicted octanol–water partition coefficient (Wildman–Crippen LogP) is 4.26. The molecule has 0 saturated carbocycles. The van der Waals surface area contributed by atoms with Crippen molar-refractivity contribution in [3.8, 4) is 11.5 Å². The summed E-state index contributed by atoms with van der Waals surface area (Å²) < 4.78 is 15.4. The molecule has 3 aromatic rings. The zero-order chi connectivity index (χ0) is 24.1. The Hall–Kier alpha value is -4.30. The van der Waals surface area contributed by atoms with Crippen molar-refractivity contribution in [2.24, 2.45) is 0 Å². The number of nitrogens with one attached hydrogen (secondary N) is 2. The highest BCUT2D eigenvalue weighted by molar-refractivity contribution is 6.34. The number of benzene rings is 3. The summed E-state index contributed by atoms with van der Waals surface area (Å²) in [6.07, 6.45) is 1.50. The maximum absolute atomic E-state index is 13.2. The molecule has 1 aliphatic rings. The summed E-state index contributed by atoms with van der Waals surface area (Å²) in [6, 6.07) is 17.9. The van der Waals surface area contributed by atoms with E-state index in [1.54, 1.807) is 60.7 Å². The van der Waals surface area contributed by atoms with Crippen LogP contribution in [0.3, 0.4) is 0 Å². The number of amides is 2. The van der Waals surface area contributed by atoms with E-state index in [2.05, 4.69) is 10.6 Å². The highest BCUT2D eigenvalue weighted by Gasteiger charge is 2.19. The van der Waals surface area contributed by atoms with Gasteiger partial charge in [0.05, 0.1) is 23.3 Å². The monoisotopic (exact) mass is 478 g/mol. The third-order valence-electron chi connectivity index (χ3n) is 4.86. The van der Waals surface area contributed by atoms with Crippen LogP contribution in [0.4, 0.5) is 5.69 Å². The Morgan fingerprint density at radius 2 is 1.76 bits per heavy atom. The Bertz CT molecular complexity index is 1300. The van der Waals surface area contributed by atoms with E-state index in [0.29, 0.717) is 22.7 Å². The minimum absolute atomic E-state index is 0.0488. The Morgan fingerprint density at radius 1 is 0.971 bits per heavy atom. The van der Waals surface area contributed by atoms with Crippen molar-refractivity contribution in [3.05, 3.63) is 94.1 Å². The summed E-state index contributed by atoms with van der Waals surface area (Å²) in [4.78, 5) is 37.8. The molecule has 1 aliphatic heterocycles. The number of fused-ring (bicyclic) bond motifs is 1. The Morgan fingerprint density at radius 3 is 2.56 bits per heavy atom. The molecule has 0 bridgehead atoms. The van der Waals surface area contributed by atoms with Crippen molar-refractivity contribution in [3.63, 3.8) is 0 Å². The SMILES string of the molecule is COC(=O)c1cccc(NC(=O)/C(=C/c2ccc3c(c2)OCO3)NC(=O)c2ccccc2Cl)c1. The first-order chi connectivity index (χ1) is 16.4. The molecule has 0 aliphatic carbocycles. The quantitative estimate of drug-likeness (QED) is 0.405. The standard InChI is InChI=1S/C25H19ClN2O6/c1-32-25(31)16-5-4-6-17(13-16)27-24(30)20(28-23(29)18-7-2-3-8-19(18)26)11-15-9-10-21-22(12-15)34-14-33-21/h2-13H,14H2,1H3,(H,27,30)(H,28,29)/b20-11-. The molecule has 0 saturated heterocycles. The number of ether oxygens (including phenoxy) is 3. The second kappa shape index (κ2) is 10.1. The number of halogens is 1.